The standard InChI is InChI=1S/C20H33NO2/c1-14(2)19-10-9-15(3)11-20(19)23-13-18(22)12-21-16(4)7-6-8-17(21)5/h9-11,14,16-18,22H,6-8,12-13H2,1-5H3/p+1/t16-,17-,18-/m1/s1. The van der Waals surface area contributed by atoms with Crippen LogP contribution in [0.2, 0.25) is 0 Å². The predicted octanol–water partition coefficient (Wildman–Crippen LogP) is 2.70. The van der Waals surface area contributed by atoms with Crippen molar-refractivity contribution >= 4 is 0 Å². The van der Waals surface area contributed by atoms with Gasteiger partial charge in [0.05, 0.1) is 12.1 Å². The molecule has 3 nitrogen and oxygen atoms in total. The summed E-state index contributed by atoms with van der Waals surface area (Å²) in [5.74, 6) is 1.35. The number of benzene rings is 1. The number of hydrogen-bond donors (Lipinski definition) is 2. The third-order valence-electron chi connectivity index (χ3n) is 5.23. The van der Waals surface area contributed by atoms with E-state index in [0.29, 0.717) is 24.6 Å². The number of ether oxygens (including phenoxy) is 1. The second kappa shape index (κ2) is 8.16. The molecule has 0 saturated carbocycles. The molecule has 0 aromatic heterocycles. The van der Waals surface area contributed by atoms with Crippen molar-refractivity contribution in [1.82, 2.24) is 0 Å². The van der Waals surface area contributed by atoms with Gasteiger partial charge in [-0.3, -0.25) is 0 Å². The van der Waals surface area contributed by atoms with Gasteiger partial charge in [0.2, 0.25) is 0 Å². The zero-order valence-corrected chi connectivity index (χ0v) is 15.4. The Bertz CT molecular complexity index is 490. The van der Waals surface area contributed by atoms with Crippen LogP contribution in [-0.2, 0) is 0 Å². The van der Waals surface area contributed by atoms with Gasteiger partial charge in [-0.05, 0) is 63.1 Å². The van der Waals surface area contributed by atoms with Gasteiger partial charge in [0.1, 0.15) is 25.0 Å². The molecule has 0 amide bonds. The van der Waals surface area contributed by atoms with E-state index >= 15 is 0 Å². The monoisotopic (exact) mass is 320 g/mol. The first-order valence-electron chi connectivity index (χ1n) is 9.15. The Morgan fingerprint density at radius 1 is 1.22 bits per heavy atom. The number of rotatable bonds is 6. The third kappa shape index (κ3) is 4.95. The van der Waals surface area contributed by atoms with Crippen molar-refractivity contribution in [3.05, 3.63) is 29.3 Å². The van der Waals surface area contributed by atoms with E-state index < -0.39 is 6.10 Å². The molecular formula is C20H34NO2+. The minimum absolute atomic E-state index is 0.381. The summed E-state index contributed by atoms with van der Waals surface area (Å²) < 4.78 is 5.99. The highest BCUT2D eigenvalue weighted by molar-refractivity contribution is 5.39. The number of aliphatic hydroxyl groups excluding tert-OH is 1. The Kier molecular flexibility index (Phi) is 6.49. The van der Waals surface area contributed by atoms with Crippen molar-refractivity contribution in [3.8, 4) is 5.75 Å². The van der Waals surface area contributed by atoms with Crippen LogP contribution in [-0.4, -0.2) is 36.4 Å². The molecule has 1 aromatic rings. The van der Waals surface area contributed by atoms with Crippen molar-refractivity contribution in [3.63, 3.8) is 0 Å². The first-order valence-corrected chi connectivity index (χ1v) is 9.15. The van der Waals surface area contributed by atoms with Crippen LogP contribution in [0, 0.1) is 6.92 Å². The second-order valence-electron chi connectivity index (χ2n) is 7.67. The minimum atomic E-state index is -0.409. The minimum Gasteiger partial charge on any atom is -0.490 e. The van der Waals surface area contributed by atoms with Crippen LogP contribution in [0.25, 0.3) is 0 Å². The third-order valence-corrected chi connectivity index (χ3v) is 5.23. The van der Waals surface area contributed by atoms with Gasteiger partial charge in [0.25, 0.3) is 0 Å². The van der Waals surface area contributed by atoms with Crippen LogP contribution in [0.15, 0.2) is 18.2 Å². The normalized spacial score (nSPS) is 24.0. The number of quaternary nitrogens is 1. The van der Waals surface area contributed by atoms with Gasteiger partial charge in [0.15, 0.2) is 0 Å². The highest BCUT2D eigenvalue weighted by Gasteiger charge is 2.30. The van der Waals surface area contributed by atoms with Crippen molar-refractivity contribution in [2.75, 3.05) is 13.2 Å². The fraction of sp³-hybridized carbons (Fsp3) is 0.700. The zero-order valence-electron chi connectivity index (χ0n) is 15.4. The molecule has 130 valence electrons. The van der Waals surface area contributed by atoms with E-state index in [-0.39, 0.29) is 0 Å². The topological polar surface area (TPSA) is 33.9 Å². The SMILES string of the molecule is Cc1ccc(C(C)C)c(OC[C@H](O)C[NH+]2[C@H](C)CCC[C@H]2C)c1. The Labute approximate surface area is 141 Å². The van der Waals surface area contributed by atoms with E-state index in [2.05, 4.69) is 52.8 Å². The van der Waals surface area contributed by atoms with Crippen LogP contribution < -0.4 is 9.64 Å². The fourth-order valence-corrected chi connectivity index (χ4v) is 3.75. The highest BCUT2D eigenvalue weighted by Crippen LogP contribution is 2.27. The lowest BCUT2D eigenvalue weighted by molar-refractivity contribution is -0.954. The molecule has 3 heteroatoms. The second-order valence-corrected chi connectivity index (χ2v) is 7.67. The molecule has 1 aromatic carbocycles. The van der Waals surface area contributed by atoms with E-state index in [9.17, 15) is 5.11 Å². The largest absolute Gasteiger partial charge is 0.490 e. The maximum atomic E-state index is 10.5. The fourth-order valence-electron chi connectivity index (χ4n) is 3.75. The smallest absolute Gasteiger partial charge is 0.137 e. The Morgan fingerprint density at radius 2 is 1.87 bits per heavy atom. The van der Waals surface area contributed by atoms with E-state index in [1.807, 2.05) is 0 Å². The maximum Gasteiger partial charge on any atom is 0.137 e. The summed E-state index contributed by atoms with van der Waals surface area (Å²) in [7, 11) is 0. The molecule has 2 N–H and O–H groups in total. The molecule has 0 bridgehead atoms. The van der Waals surface area contributed by atoms with Crippen molar-refractivity contribution in [1.29, 1.82) is 0 Å². The van der Waals surface area contributed by atoms with Crippen LogP contribution in [0.5, 0.6) is 5.75 Å². The molecule has 1 aliphatic rings. The summed E-state index contributed by atoms with van der Waals surface area (Å²) in [6.07, 6.45) is 3.44. The number of likely N-dealkylation sites (tertiary alicyclic amines) is 1. The van der Waals surface area contributed by atoms with Crippen LogP contribution >= 0.6 is 0 Å². The summed E-state index contributed by atoms with van der Waals surface area (Å²) in [4.78, 5) is 1.53. The summed E-state index contributed by atoms with van der Waals surface area (Å²) in [5, 5.41) is 10.5. The Morgan fingerprint density at radius 3 is 2.48 bits per heavy atom. The van der Waals surface area contributed by atoms with Crippen molar-refractivity contribution in [2.24, 2.45) is 0 Å². The average Bonchev–Trinajstić information content (AvgIpc) is 2.49. The molecule has 3 atom stereocenters. The first kappa shape index (κ1) is 18.3. The Balaban J connectivity index is 1.94. The number of nitrogens with one attached hydrogen (secondary N) is 1. The summed E-state index contributed by atoms with van der Waals surface area (Å²) in [5.41, 5.74) is 2.41. The summed E-state index contributed by atoms with van der Waals surface area (Å²) >= 11 is 0. The van der Waals surface area contributed by atoms with Gasteiger partial charge in [-0.15, -0.1) is 0 Å². The lowest BCUT2D eigenvalue weighted by atomic mass is 9.97. The molecule has 23 heavy (non-hydrogen) atoms. The van der Waals surface area contributed by atoms with Crippen molar-refractivity contribution in [2.45, 2.75) is 78.0 Å². The molecule has 2 rings (SSSR count). The number of aryl methyl sites for hydroxylation is 1. The van der Waals surface area contributed by atoms with E-state index in [1.54, 1.807) is 0 Å². The Hall–Kier alpha value is -1.06. The van der Waals surface area contributed by atoms with Crippen LogP contribution in [0.1, 0.15) is 64.0 Å². The average molecular weight is 320 g/mol. The molecule has 0 aliphatic carbocycles. The lowest BCUT2D eigenvalue weighted by Crippen LogP contribution is -3.20. The molecule has 1 aliphatic heterocycles. The number of hydrogen-bond acceptors (Lipinski definition) is 2. The zero-order chi connectivity index (χ0) is 17.0. The van der Waals surface area contributed by atoms with Gasteiger partial charge in [-0.25, -0.2) is 0 Å². The molecule has 1 heterocycles. The van der Waals surface area contributed by atoms with Gasteiger partial charge >= 0.3 is 0 Å². The first-order chi connectivity index (χ1) is 10.9. The highest BCUT2D eigenvalue weighted by atomic mass is 16.5. The molecular weight excluding hydrogens is 286 g/mol. The molecule has 0 unspecified atom stereocenters. The van der Waals surface area contributed by atoms with Crippen LogP contribution in [0.3, 0.4) is 0 Å². The summed E-state index contributed by atoms with van der Waals surface area (Å²) in [6, 6.07) is 7.63. The summed E-state index contributed by atoms with van der Waals surface area (Å²) in [6.45, 7) is 12.2. The molecule has 0 radical (unpaired) electrons. The number of aliphatic hydroxyl groups is 1. The van der Waals surface area contributed by atoms with Crippen LogP contribution in [0.4, 0.5) is 0 Å². The van der Waals surface area contributed by atoms with Gasteiger partial charge < -0.3 is 14.7 Å². The van der Waals surface area contributed by atoms with E-state index in [4.69, 9.17) is 4.74 Å². The molecule has 1 saturated heterocycles. The maximum absolute atomic E-state index is 10.5. The van der Waals surface area contributed by atoms with E-state index in [0.717, 1.165) is 12.3 Å². The molecule has 0 spiro atoms. The lowest BCUT2D eigenvalue weighted by Gasteiger charge is -2.36. The van der Waals surface area contributed by atoms with Gasteiger partial charge in [0, 0.05) is 0 Å². The van der Waals surface area contributed by atoms with E-state index in [1.165, 1.54) is 35.3 Å². The molecule has 1 fully saturated rings. The van der Waals surface area contributed by atoms with Crippen molar-refractivity contribution < 1.29 is 14.7 Å². The predicted molar refractivity (Wildman–Crippen MR) is 95.4 cm³/mol. The van der Waals surface area contributed by atoms with Gasteiger partial charge in [-0.1, -0.05) is 26.0 Å². The van der Waals surface area contributed by atoms with Gasteiger partial charge in [-0.2, -0.15) is 0 Å². The number of piperidine rings is 1. The quantitative estimate of drug-likeness (QED) is 0.845.